The predicted octanol–water partition coefficient (Wildman–Crippen LogP) is 2.77. The molecule has 4 rings (SSSR count). The second-order valence-electron chi connectivity index (χ2n) is 7.37. The molecule has 0 spiro atoms. The monoisotopic (exact) mass is 415 g/mol. The fraction of sp³-hybridized carbons (Fsp3) is 0.500. The Hall–Kier alpha value is -2.39. The van der Waals surface area contributed by atoms with Gasteiger partial charge in [0.15, 0.2) is 10.9 Å². The number of morpholine rings is 1. The Kier molecular flexibility index (Phi) is 5.86. The Morgan fingerprint density at radius 3 is 2.48 bits per heavy atom. The molecule has 8 nitrogen and oxygen atoms in total. The number of ether oxygens (including phenoxy) is 1. The topological polar surface area (TPSA) is 89.3 Å². The van der Waals surface area contributed by atoms with Gasteiger partial charge >= 0.3 is 0 Å². The lowest BCUT2D eigenvalue weighted by Gasteiger charge is -2.28. The zero-order valence-electron chi connectivity index (χ0n) is 16.6. The van der Waals surface area contributed by atoms with Crippen LogP contribution in [0.25, 0.3) is 0 Å². The summed E-state index contributed by atoms with van der Waals surface area (Å²) in [7, 11) is 0. The van der Waals surface area contributed by atoms with Crippen molar-refractivity contribution in [1.29, 1.82) is 0 Å². The molecule has 1 aromatic carbocycles. The Balaban J connectivity index is 1.47. The number of benzene rings is 1. The van der Waals surface area contributed by atoms with Crippen LogP contribution in [0.2, 0.25) is 0 Å². The van der Waals surface area contributed by atoms with E-state index in [1.54, 1.807) is 24.3 Å². The van der Waals surface area contributed by atoms with E-state index in [2.05, 4.69) is 25.0 Å². The first-order valence-electron chi connectivity index (χ1n) is 9.89. The Bertz CT molecular complexity index is 888. The quantitative estimate of drug-likeness (QED) is 0.549. The smallest absolute Gasteiger partial charge is 0.228 e. The lowest BCUT2D eigenvalue weighted by molar-refractivity contribution is -0.114. The van der Waals surface area contributed by atoms with Crippen molar-refractivity contribution in [3.8, 4) is 0 Å². The molecule has 1 aliphatic carbocycles. The van der Waals surface area contributed by atoms with Crippen molar-refractivity contribution >= 4 is 35.1 Å². The molecule has 2 aromatic rings. The average molecular weight is 416 g/mol. The molecular formula is C20H25N5O3S. The zero-order chi connectivity index (χ0) is 20.4. The summed E-state index contributed by atoms with van der Waals surface area (Å²) in [6.07, 6.45) is 2.24. The Labute approximate surface area is 174 Å². The number of thioether (sulfide) groups is 1. The van der Waals surface area contributed by atoms with Crippen LogP contribution in [0.3, 0.4) is 0 Å². The van der Waals surface area contributed by atoms with Crippen LogP contribution in [0, 0.1) is 0 Å². The second kappa shape index (κ2) is 8.54. The molecule has 1 atom stereocenters. The molecule has 1 aliphatic heterocycles. The summed E-state index contributed by atoms with van der Waals surface area (Å²) in [5.74, 6) is 0.781. The van der Waals surface area contributed by atoms with Crippen LogP contribution >= 0.6 is 11.8 Å². The number of nitrogens with one attached hydrogen (secondary N) is 1. The highest BCUT2D eigenvalue weighted by Gasteiger charge is 2.33. The fourth-order valence-corrected chi connectivity index (χ4v) is 4.34. The molecule has 1 N–H and O–H groups in total. The van der Waals surface area contributed by atoms with Crippen molar-refractivity contribution in [3.05, 3.63) is 29.8 Å². The molecule has 9 heteroatoms. The standard InChI is InChI=1S/C20H25N5O3S/c1-13(18(27)15-3-5-16(6-4-15)21-14(2)26)29-20-23-22-19(25(20)17-7-8-17)24-9-11-28-12-10-24/h3-6,13,17H,7-12H2,1-2H3,(H,21,26). The number of anilines is 2. The van der Waals surface area contributed by atoms with Gasteiger partial charge in [-0.1, -0.05) is 11.8 Å². The number of carbonyl (C=O) groups is 2. The van der Waals surface area contributed by atoms with E-state index in [-0.39, 0.29) is 16.9 Å². The first-order chi connectivity index (χ1) is 14.0. The van der Waals surface area contributed by atoms with Crippen molar-refractivity contribution in [1.82, 2.24) is 14.8 Å². The van der Waals surface area contributed by atoms with Gasteiger partial charge in [-0.05, 0) is 44.0 Å². The van der Waals surface area contributed by atoms with E-state index in [0.29, 0.717) is 30.5 Å². The van der Waals surface area contributed by atoms with Crippen LogP contribution in [0.5, 0.6) is 0 Å². The summed E-state index contributed by atoms with van der Waals surface area (Å²) in [5, 5.41) is 12.1. The van der Waals surface area contributed by atoms with Crippen molar-refractivity contribution < 1.29 is 14.3 Å². The van der Waals surface area contributed by atoms with Gasteiger partial charge in [-0.3, -0.25) is 14.2 Å². The zero-order valence-corrected chi connectivity index (χ0v) is 17.4. The van der Waals surface area contributed by atoms with Gasteiger partial charge < -0.3 is 15.0 Å². The maximum absolute atomic E-state index is 12.9. The van der Waals surface area contributed by atoms with Gasteiger partial charge in [0, 0.05) is 37.3 Å². The first kappa shape index (κ1) is 19.9. The van der Waals surface area contributed by atoms with E-state index in [4.69, 9.17) is 4.74 Å². The normalized spacial score (nSPS) is 17.8. The number of carbonyl (C=O) groups excluding carboxylic acids is 2. The van der Waals surface area contributed by atoms with Crippen LogP contribution < -0.4 is 10.2 Å². The minimum Gasteiger partial charge on any atom is -0.378 e. The highest BCUT2D eigenvalue weighted by Crippen LogP contribution is 2.42. The third-order valence-corrected chi connectivity index (χ3v) is 6.05. The highest BCUT2D eigenvalue weighted by atomic mass is 32.2. The average Bonchev–Trinajstić information content (AvgIpc) is 3.48. The predicted molar refractivity (Wildman–Crippen MR) is 112 cm³/mol. The second-order valence-corrected chi connectivity index (χ2v) is 8.67. The number of hydrogen-bond acceptors (Lipinski definition) is 7. The molecule has 1 unspecified atom stereocenters. The number of rotatable bonds is 7. The van der Waals surface area contributed by atoms with Gasteiger partial charge in [-0.25, -0.2) is 0 Å². The largest absolute Gasteiger partial charge is 0.378 e. The molecule has 1 saturated heterocycles. The molecule has 2 fully saturated rings. The summed E-state index contributed by atoms with van der Waals surface area (Å²) >= 11 is 1.45. The summed E-state index contributed by atoms with van der Waals surface area (Å²) in [4.78, 5) is 26.3. The van der Waals surface area contributed by atoms with Crippen LogP contribution in [0.1, 0.15) is 43.1 Å². The lowest BCUT2D eigenvalue weighted by atomic mass is 10.1. The highest BCUT2D eigenvalue weighted by molar-refractivity contribution is 8.00. The van der Waals surface area contributed by atoms with Crippen molar-refractivity contribution in [2.24, 2.45) is 0 Å². The van der Waals surface area contributed by atoms with Gasteiger partial charge in [0.2, 0.25) is 11.9 Å². The first-order valence-corrected chi connectivity index (χ1v) is 10.8. The minimum absolute atomic E-state index is 0.0302. The van der Waals surface area contributed by atoms with Crippen LogP contribution in [0.4, 0.5) is 11.6 Å². The van der Waals surface area contributed by atoms with Crippen molar-refractivity contribution in [2.45, 2.75) is 43.1 Å². The maximum atomic E-state index is 12.9. The van der Waals surface area contributed by atoms with Crippen LogP contribution in [-0.4, -0.2) is 58.0 Å². The minimum atomic E-state index is -0.291. The Morgan fingerprint density at radius 2 is 1.86 bits per heavy atom. The van der Waals surface area contributed by atoms with Gasteiger partial charge in [0.25, 0.3) is 0 Å². The molecule has 1 saturated carbocycles. The van der Waals surface area contributed by atoms with E-state index in [9.17, 15) is 9.59 Å². The van der Waals surface area contributed by atoms with E-state index >= 15 is 0 Å². The summed E-state index contributed by atoms with van der Waals surface area (Å²) in [6, 6.07) is 7.40. The summed E-state index contributed by atoms with van der Waals surface area (Å²) < 4.78 is 7.64. The molecule has 0 bridgehead atoms. The van der Waals surface area contributed by atoms with E-state index in [1.165, 1.54) is 18.7 Å². The van der Waals surface area contributed by atoms with Crippen molar-refractivity contribution in [3.63, 3.8) is 0 Å². The number of nitrogens with zero attached hydrogens (tertiary/aromatic N) is 4. The number of Topliss-reactive ketones (excluding diaryl/α,β-unsaturated/α-hetero) is 1. The van der Waals surface area contributed by atoms with Gasteiger partial charge in [-0.2, -0.15) is 0 Å². The lowest BCUT2D eigenvalue weighted by Crippen LogP contribution is -2.38. The summed E-state index contributed by atoms with van der Waals surface area (Å²) in [5.41, 5.74) is 1.29. The molecule has 0 radical (unpaired) electrons. The Morgan fingerprint density at radius 1 is 1.17 bits per heavy atom. The van der Waals surface area contributed by atoms with E-state index in [0.717, 1.165) is 37.0 Å². The summed E-state index contributed by atoms with van der Waals surface area (Å²) in [6.45, 7) is 6.37. The number of aromatic nitrogens is 3. The third kappa shape index (κ3) is 4.62. The van der Waals surface area contributed by atoms with Gasteiger partial charge in [0.1, 0.15) is 0 Å². The van der Waals surface area contributed by atoms with E-state index in [1.807, 2.05) is 6.92 Å². The molecule has 154 valence electrons. The molecule has 2 aliphatic rings. The van der Waals surface area contributed by atoms with Crippen LogP contribution in [-0.2, 0) is 9.53 Å². The molecule has 1 aromatic heterocycles. The van der Waals surface area contributed by atoms with Gasteiger partial charge in [0.05, 0.1) is 18.5 Å². The number of ketones is 1. The van der Waals surface area contributed by atoms with Gasteiger partial charge in [-0.15, -0.1) is 10.2 Å². The van der Waals surface area contributed by atoms with E-state index < -0.39 is 0 Å². The molecule has 29 heavy (non-hydrogen) atoms. The SMILES string of the molecule is CC(=O)Nc1ccc(C(=O)C(C)Sc2nnc(N3CCOCC3)n2C2CC2)cc1. The number of amides is 1. The van der Waals surface area contributed by atoms with Crippen LogP contribution in [0.15, 0.2) is 29.4 Å². The number of hydrogen-bond donors (Lipinski definition) is 1. The van der Waals surface area contributed by atoms with Crippen molar-refractivity contribution in [2.75, 3.05) is 36.5 Å². The molecule has 2 heterocycles. The third-order valence-electron chi connectivity index (χ3n) is 4.99. The fourth-order valence-electron chi connectivity index (χ4n) is 3.35. The molecule has 1 amide bonds. The molecular weight excluding hydrogens is 390 g/mol. The maximum Gasteiger partial charge on any atom is 0.228 e.